The third-order valence-corrected chi connectivity index (χ3v) is 5.73. The van der Waals surface area contributed by atoms with Crippen molar-refractivity contribution >= 4 is 5.91 Å². The van der Waals surface area contributed by atoms with Gasteiger partial charge in [0, 0.05) is 49.1 Å². The van der Waals surface area contributed by atoms with Gasteiger partial charge < -0.3 is 9.73 Å². The van der Waals surface area contributed by atoms with Gasteiger partial charge in [0.2, 0.25) is 5.89 Å². The third kappa shape index (κ3) is 6.58. The van der Waals surface area contributed by atoms with Crippen molar-refractivity contribution in [2.24, 2.45) is 0 Å². The fraction of sp³-hybridized carbons (Fsp3) is 0.222. The molecular weight excluding hydrogens is 450 g/mol. The van der Waals surface area contributed by atoms with Crippen LogP contribution in [0.1, 0.15) is 46.2 Å². The summed E-state index contributed by atoms with van der Waals surface area (Å²) in [6.45, 7) is 2.84. The second-order valence-electron chi connectivity index (χ2n) is 8.18. The van der Waals surface area contributed by atoms with Crippen molar-refractivity contribution in [1.29, 1.82) is 0 Å². The number of carbonyl (C=O) groups excluding carboxylic acids is 1. The van der Waals surface area contributed by atoms with Crippen molar-refractivity contribution in [1.82, 2.24) is 20.2 Å². The predicted octanol–water partition coefficient (Wildman–Crippen LogP) is 5.08. The molecule has 180 valence electrons. The summed E-state index contributed by atoms with van der Waals surface area (Å²) in [5.74, 6) is -1.26. The van der Waals surface area contributed by atoms with Crippen molar-refractivity contribution in [3.63, 3.8) is 0 Å². The summed E-state index contributed by atoms with van der Waals surface area (Å²) in [5.41, 5.74) is 2.43. The van der Waals surface area contributed by atoms with Gasteiger partial charge in [0.1, 0.15) is 17.9 Å². The first-order valence-electron chi connectivity index (χ1n) is 11.3. The Morgan fingerprint density at radius 1 is 1.06 bits per heavy atom. The molecule has 0 bridgehead atoms. The number of halogens is 2. The van der Waals surface area contributed by atoms with Crippen molar-refractivity contribution in [2.45, 2.75) is 32.5 Å². The Hall–Kier alpha value is -3.91. The molecule has 0 fully saturated rings. The van der Waals surface area contributed by atoms with E-state index in [-0.39, 0.29) is 30.7 Å². The van der Waals surface area contributed by atoms with Gasteiger partial charge in [0.15, 0.2) is 5.69 Å². The van der Waals surface area contributed by atoms with Gasteiger partial charge in [0.25, 0.3) is 5.91 Å². The molecular formula is C27H26F2N4O2. The van der Waals surface area contributed by atoms with E-state index in [1.54, 1.807) is 6.20 Å². The van der Waals surface area contributed by atoms with Crippen molar-refractivity contribution in [2.75, 3.05) is 6.54 Å². The summed E-state index contributed by atoms with van der Waals surface area (Å²) in [4.78, 5) is 23.0. The second kappa shape index (κ2) is 11.5. The van der Waals surface area contributed by atoms with Gasteiger partial charge in [-0.2, -0.15) is 0 Å². The van der Waals surface area contributed by atoms with Crippen LogP contribution in [0.15, 0.2) is 83.6 Å². The number of nitrogens with one attached hydrogen (secondary N) is 1. The number of benzene rings is 2. The van der Waals surface area contributed by atoms with Gasteiger partial charge in [0.05, 0.1) is 6.54 Å². The molecule has 2 heterocycles. The first-order chi connectivity index (χ1) is 17.0. The summed E-state index contributed by atoms with van der Waals surface area (Å²) in [7, 11) is 0. The highest BCUT2D eigenvalue weighted by Gasteiger charge is 2.21. The fourth-order valence-corrected chi connectivity index (χ4v) is 3.74. The van der Waals surface area contributed by atoms with Gasteiger partial charge in [-0.1, -0.05) is 42.5 Å². The minimum Gasteiger partial charge on any atom is -0.447 e. The number of amides is 1. The Morgan fingerprint density at radius 2 is 1.86 bits per heavy atom. The number of hydrogen-bond donors (Lipinski definition) is 1. The van der Waals surface area contributed by atoms with Crippen LogP contribution >= 0.6 is 0 Å². The molecule has 2 aromatic carbocycles. The lowest BCUT2D eigenvalue weighted by Crippen LogP contribution is -2.28. The van der Waals surface area contributed by atoms with Crippen molar-refractivity contribution in [3.8, 4) is 0 Å². The standard InChI is InChI=1S/C27H26F2N4O2/c1-19(20-7-3-2-4-8-20)33(16-21-10-11-22(28)15-24(21)29)17-26-32-25(18-35-26)27(34)31-14-12-23-9-5-6-13-30-23/h2-11,13,15,18-19H,12,14,16-17H2,1H3,(H,31,34). The maximum Gasteiger partial charge on any atom is 0.273 e. The molecule has 0 aliphatic rings. The van der Waals surface area contributed by atoms with E-state index < -0.39 is 11.6 Å². The molecule has 8 heteroatoms. The predicted molar refractivity (Wildman–Crippen MR) is 127 cm³/mol. The van der Waals surface area contributed by atoms with Gasteiger partial charge in [-0.15, -0.1) is 0 Å². The minimum absolute atomic E-state index is 0.122. The monoisotopic (exact) mass is 476 g/mol. The van der Waals surface area contributed by atoms with Gasteiger partial charge in [-0.3, -0.25) is 14.7 Å². The molecule has 35 heavy (non-hydrogen) atoms. The van der Waals surface area contributed by atoms with Gasteiger partial charge in [-0.05, 0) is 30.7 Å². The SMILES string of the molecule is CC(c1ccccc1)N(Cc1nc(C(=O)NCCc2ccccn2)co1)Cc1ccc(F)cc1F. The van der Waals surface area contributed by atoms with Crippen LogP contribution in [0.3, 0.4) is 0 Å². The molecule has 0 aliphatic heterocycles. The van der Waals surface area contributed by atoms with E-state index in [0.717, 1.165) is 17.3 Å². The molecule has 0 radical (unpaired) electrons. The number of oxazole rings is 1. The molecule has 6 nitrogen and oxygen atoms in total. The molecule has 1 unspecified atom stereocenters. The van der Waals surface area contributed by atoms with E-state index in [1.807, 2.05) is 60.4 Å². The zero-order chi connectivity index (χ0) is 24.6. The summed E-state index contributed by atoms with van der Waals surface area (Å²) >= 11 is 0. The molecule has 0 spiro atoms. The van der Waals surface area contributed by atoms with Crippen LogP contribution < -0.4 is 5.32 Å². The highest BCUT2D eigenvalue weighted by atomic mass is 19.1. The van der Waals surface area contributed by atoms with E-state index >= 15 is 0 Å². The molecule has 2 aromatic heterocycles. The Morgan fingerprint density at radius 3 is 2.60 bits per heavy atom. The molecule has 0 aliphatic carbocycles. The van der Waals surface area contributed by atoms with E-state index in [0.29, 0.717) is 24.4 Å². The summed E-state index contributed by atoms with van der Waals surface area (Å²) in [6.07, 6.45) is 3.62. The van der Waals surface area contributed by atoms with Crippen LogP contribution in [-0.4, -0.2) is 27.3 Å². The highest BCUT2D eigenvalue weighted by molar-refractivity contribution is 5.91. The third-order valence-electron chi connectivity index (χ3n) is 5.73. The van der Waals surface area contributed by atoms with Crippen molar-refractivity contribution < 1.29 is 18.0 Å². The van der Waals surface area contributed by atoms with Crippen molar-refractivity contribution in [3.05, 3.63) is 119 Å². The fourth-order valence-electron chi connectivity index (χ4n) is 3.74. The zero-order valence-corrected chi connectivity index (χ0v) is 19.3. The molecule has 1 atom stereocenters. The van der Waals surface area contributed by atoms with E-state index in [2.05, 4.69) is 15.3 Å². The summed E-state index contributed by atoms with van der Waals surface area (Å²) in [6, 6.07) is 18.8. The average Bonchev–Trinajstić information content (AvgIpc) is 3.34. The quantitative estimate of drug-likeness (QED) is 0.346. The summed E-state index contributed by atoms with van der Waals surface area (Å²) < 4.78 is 33.4. The average molecular weight is 477 g/mol. The van der Waals surface area contributed by atoms with Crippen LogP contribution in [-0.2, 0) is 19.5 Å². The lowest BCUT2D eigenvalue weighted by molar-refractivity contribution is 0.0949. The lowest BCUT2D eigenvalue weighted by atomic mass is 10.1. The highest BCUT2D eigenvalue weighted by Crippen LogP contribution is 2.25. The largest absolute Gasteiger partial charge is 0.447 e. The molecule has 4 aromatic rings. The van der Waals surface area contributed by atoms with Crippen LogP contribution in [0.4, 0.5) is 8.78 Å². The number of pyridine rings is 1. The number of aromatic nitrogens is 2. The number of carbonyl (C=O) groups is 1. The first kappa shape index (κ1) is 24.2. The van der Waals surface area contributed by atoms with Crippen LogP contribution in [0.5, 0.6) is 0 Å². The van der Waals surface area contributed by atoms with Gasteiger partial charge >= 0.3 is 0 Å². The Kier molecular flexibility index (Phi) is 7.95. The van der Waals surface area contributed by atoms with Crippen LogP contribution in [0.2, 0.25) is 0 Å². The van der Waals surface area contributed by atoms with E-state index in [1.165, 1.54) is 18.4 Å². The smallest absolute Gasteiger partial charge is 0.273 e. The van der Waals surface area contributed by atoms with Crippen LogP contribution in [0.25, 0.3) is 0 Å². The Balaban J connectivity index is 1.45. The molecule has 1 N–H and O–H groups in total. The normalized spacial score (nSPS) is 12.0. The maximum atomic E-state index is 14.4. The molecule has 0 saturated carbocycles. The molecule has 4 rings (SSSR count). The number of nitrogens with zero attached hydrogens (tertiary/aromatic N) is 3. The molecule has 0 saturated heterocycles. The van der Waals surface area contributed by atoms with E-state index in [9.17, 15) is 13.6 Å². The van der Waals surface area contributed by atoms with E-state index in [4.69, 9.17) is 4.42 Å². The maximum absolute atomic E-state index is 14.4. The second-order valence-corrected chi connectivity index (χ2v) is 8.18. The number of rotatable bonds is 10. The first-order valence-corrected chi connectivity index (χ1v) is 11.3. The van der Waals surface area contributed by atoms with Crippen LogP contribution in [0, 0.1) is 11.6 Å². The zero-order valence-electron chi connectivity index (χ0n) is 19.3. The number of hydrogen-bond acceptors (Lipinski definition) is 5. The van der Waals surface area contributed by atoms with Gasteiger partial charge in [-0.25, -0.2) is 13.8 Å². The lowest BCUT2D eigenvalue weighted by Gasteiger charge is -2.28. The minimum atomic E-state index is -0.625. The summed E-state index contributed by atoms with van der Waals surface area (Å²) in [5, 5.41) is 2.82. The Labute approximate surface area is 202 Å². The molecule has 1 amide bonds. The topological polar surface area (TPSA) is 71.3 Å². The Bertz CT molecular complexity index is 1250.